The maximum atomic E-state index is 12.2. The topological polar surface area (TPSA) is 87.9 Å². The predicted octanol–water partition coefficient (Wildman–Crippen LogP) is 3.64. The van der Waals surface area contributed by atoms with Crippen LogP contribution in [0.1, 0.15) is 21.5 Å². The van der Waals surface area contributed by atoms with Crippen molar-refractivity contribution in [3.05, 3.63) is 62.2 Å². The Labute approximate surface area is 141 Å². The van der Waals surface area contributed by atoms with Gasteiger partial charge in [-0.1, -0.05) is 17.7 Å². The van der Waals surface area contributed by atoms with Crippen molar-refractivity contribution in [2.75, 3.05) is 6.79 Å². The molecule has 1 heterocycles. The number of halogens is 1. The van der Waals surface area contributed by atoms with Gasteiger partial charge >= 0.3 is 5.97 Å². The summed E-state index contributed by atoms with van der Waals surface area (Å²) in [5, 5.41) is 11.3. The lowest BCUT2D eigenvalue weighted by Crippen LogP contribution is -2.08. The van der Waals surface area contributed by atoms with E-state index in [1.165, 1.54) is 25.1 Å². The summed E-state index contributed by atoms with van der Waals surface area (Å²) in [6.07, 6.45) is 0. The highest BCUT2D eigenvalue weighted by Crippen LogP contribution is 2.40. The second-order valence-electron chi connectivity index (χ2n) is 5.09. The fourth-order valence-corrected chi connectivity index (χ4v) is 2.66. The molecule has 2 aromatic rings. The van der Waals surface area contributed by atoms with E-state index >= 15 is 0 Å². The molecule has 24 heavy (non-hydrogen) atoms. The molecule has 124 valence electrons. The Morgan fingerprint density at radius 1 is 1.38 bits per heavy atom. The standard InChI is InChI=1S/C16H12ClNO6/c1-9-11(3-2-4-13(9)18(20)21)16(19)22-7-10-5-12(17)15-14(6-10)23-8-24-15/h2-6H,7-8H2,1H3. The van der Waals surface area contributed by atoms with Gasteiger partial charge in [0.15, 0.2) is 11.5 Å². The van der Waals surface area contributed by atoms with Gasteiger partial charge < -0.3 is 14.2 Å². The zero-order valence-corrected chi connectivity index (χ0v) is 13.3. The molecule has 0 saturated heterocycles. The summed E-state index contributed by atoms with van der Waals surface area (Å²) in [5.41, 5.74) is 0.906. The summed E-state index contributed by atoms with van der Waals surface area (Å²) in [6.45, 7) is 1.55. The third-order valence-corrected chi connectivity index (χ3v) is 3.86. The smallest absolute Gasteiger partial charge is 0.338 e. The number of fused-ring (bicyclic) bond motifs is 1. The zero-order chi connectivity index (χ0) is 17.3. The van der Waals surface area contributed by atoms with E-state index in [2.05, 4.69) is 0 Å². The number of esters is 1. The third kappa shape index (κ3) is 2.98. The van der Waals surface area contributed by atoms with E-state index in [4.69, 9.17) is 25.8 Å². The molecule has 2 aromatic carbocycles. The van der Waals surface area contributed by atoms with Crippen molar-refractivity contribution in [2.45, 2.75) is 13.5 Å². The van der Waals surface area contributed by atoms with Gasteiger partial charge in [-0.3, -0.25) is 10.1 Å². The van der Waals surface area contributed by atoms with Crippen LogP contribution in [0, 0.1) is 17.0 Å². The molecule has 0 aliphatic carbocycles. The van der Waals surface area contributed by atoms with Crippen LogP contribution in [-0.4, -0.2) is 17.7 Å². The molecule has 8 heteroatoms. The minimum absolute atomic E-state index is 0.0443. The summed E-state index contributed by atoms with van der Waals surface area (Å²) in [4.78, 5) is 22.6. The molecule has 1 aliphatic rings. The fourth-order valence-electron chi connectivity index (χ4n) is 2.37. The SMILES string of the molecule is Cc1c(C(=O)OCc2cc(Cl)c3c(c2)OCO3)cccc1[N+](=O)[O-]. The number of benzene rings is 2. The van der Waals surface area contributed by atoms with Crippen molar-refractivity contribution in [2.24, 2.45) is 0 Å². The van der Waals surface area contributed by atoms with Crippen molar-refractivity contribution in [1.29, 1.82) is 0 Å². The molecular weight excluding hydrogens is 338 g/mol. The van der Waals surface area contributed by atoms with Crippen LogP contribution in [0.25, 0.3) is 0 Å². The zero-order valence-electron chi connectivity index (χ0n) is 12.6. The largest absolute Gasteiger partial charge is 0.457 e. The first-order valence-electron chi connectivity index (χ1n) is 6.96. The molecule has 0 radical (unpaired) electrons. The molecule has 1 aliphatic heterocycles. The van der Waals surface area contributed by atoms with Crippen LogP contribution in [0.4, 0.5) is 5.69 Å². The molecule has 3 rings (SSSR count). The monoisotopic (exact) mass is 349 g/mol. The molecule has 7 nitrogen and oxygen atoms in total. The van der Waals surface area contributed by atoms with Crippen molar-refractivity contribution in [3.8, 4) is 11.5 Å². The fraction of sp³-hybridized carbons (Fsp3) is 0.188. The Bertz CT molecular complexity index is 836. The molecule has 0 spiro atoms. The summed E-state index contributed by atoms with van der Waals surface area (Å²) < 4.78 is 15.7. The summed E-state index contributed by atoms with van der Waals surface area (Å²) in [6, 6.07) is 7.55. The van der Waals surface area contributed by atoms with Crippen LogP contribution < -0.4 is 9.47 Å². The first kappa shape index (κ1) is 16.1. The summed E-state index contributed by atoms with van der Waals surface area (Å²) in [7, 11) is 0. The van der Waals surface area contributed by atoms with Crippen LogP contribution >= 0.6 is 11.6 Å². The van der Waals surface area contributed by atoms with Gasteiger partial charge in [0.05, 0.1) is 15.5 Å². The molecule has 0 unspecified atom stereocenters. The predicted molar refractivity (Wildman–Crippen MR) is 84.5 cm³/mol. The summed E-state index contributed by atoms with van der Waals surface area (Å²) in [5.74, 6) is 0.298. The van der Waals surface area contributed by atoms with Gasteiger partial charge in [0.1, 0.15) is 6.61 Å². The van der Waals surface area contributed by atoms with Gasteiger partial charge in [-0.05, 0) is 30.7 Å². The Morgan fingerprint density at radius 2 is 2.17 bits per heavy atom. The Hall–Kier alpha value is -2.80. The lowest BCUT2D eigenvalue weighted by atomic mass is 10.1. The number of hydrogen-bond donors (Lipinski definition) is 0. The first-order chi connectivity index (χ1) is 11.5. The van der Waals surface area contributed by atoms with Crippen LogP contribution in [0.3, 0.4) is 0 Å². The van der Waals surface area contributed by atoms with Crippen molar-refractivity contribution < 1.29 is 23.9 Å². The van der Waals surface area contributed by atoms with Gasteiger partial charge in [0, 0.05) is 11.6 Å². The molecule has 0 bridgehead atoms. The van der Waals surface area contributed by atoms with E-state index in [0.717, 1.165) is 0 Å². The van der Waals surface area contributed by atoms with E-state index in [1.54, 1.807) is 12.1 Å². The minimum atomic E-state index is -0.648. The molecule has 0 saturated carbocycles. The van der Waals surface area contributed by atoms with Crippen molar-refractivity contribution >= 4 is 23.3 Å². The van der Waals surface area contributed by atoms with Gasteiger partial charge in [-0.25, -0.2) is 4.79 Å². The highest BCUT2D eigenvalue weighted by molar-refractivity contribution is 6.32. The molecule has 0 aromatic heterocycles. The third-order valence-electron chi connectivity index (χ3n) is 3.58. The number of ether oxygens (including phenoxy) is 3. The van der Waals surface area contributed by atoms with E-state index in [-0.39, 0.29) is 30.2 Å². The van der Waals surface area contributed by atoms with Crippen molar-refractivity contribution in [1.82, 2.24) is 0 Å². The van der Waals surface area contributed by atoms with E-state index in [0.29, 0.717) is 22.1 Å². The molecule has 0 fully saturated rings. The normalized spacial score (nSPS) is 12.1. The molecule has 0 atom stereocenters. The van der Waals surface area contributed by atoms with Crippen LogP contribution in [0.5, 0.6) is 11.5 Å². The van der Waals surface area contributed by atoms with E-state index < -0.39 is 10.9 Å². The van der Waals surface area contributed by atoms with Crippen molar-refractivity contribution in [3.63, 3.8) is 0 Å². The number of rotatable bonds is 4. The maximum absolute atomic E-state index is 12.2. The number of nitro groups is 1. The van der Waals surface area contributed by atoms with E-state index in [1.807, 2.05) is 0 Å². The maximum Gasteiger partial charge on any atom is 0.338 e. The quantitative estimate of drug-likeness (QED) is 0.475. The number of nitrogens with zero attached hydrogens (tertiary/aromatic N) is 1. The van der Waals surface area contributed by atoms with Gasteiger partial charge in [-0.15, -0.1) is 0 Å². The molecule has 0 N–H and O–H groups in total. The highest BCUT2D eigenvalue weighted by atomic mass is 35.5. The Balaban J connectivity index is 1.76. The highest BCUT2D eigenvalue weighted by Gasteiger charge is 2.21. The number of carbonyl (C=O) groups is 1. The van der Waals surface area contributed by atoms with Gasteiger partial charge in [0.25, 0.3) is 5.69 Å². The first-order valence-corrected chi connectivity index (χ1v) is 7.34. The van der Waals surface area contributed by atoms with E-state index in [9.17, 15) is 14.9 Å². The second-order valence-corrected chi connectivity index (χ2v) is 5.50. The second kappa shape index (κ2) is 6.37. The summed E-state index contributed by atoms with van der Waals surface area (Å²) >= 11 is 6.07. The van der Waals surface area contributed by atoms with Crippen LogP contribution in [0.15, 0.2) is 30.3 Å². The number of nitro benzene ring substituents is 1. The lowest BCUT2D eigenvalue weighted by Gasteiger charge is -2.09. The average molecular weight is 350 g/mol. The average Bonchev–Trinajstić information content (AvgIpc) is 3.01. The minimum Gasteiger partial charge on any atom is -0.457 e. The number of carbonyl (C=O) groups excluding carboxylic acids is 1. The van der Waals surface area contributed by atoms with Crippen LogP contribution in [-0.2, 0) is 11.3 Å². The number of hydrogen-bond acceptors (Lipinski definition) is 6. The lowest BCUT2D eigenvalue weighted by molar-refractivity contribution is -0.385. The molecular formula is C16H12ClNO6. The van der Waals surface area contributed by atoms with Crippen LogP contribution in [0.2, 0.25) is 5.02 Å². The Morgan fingerprint density at radius 3 is 2.92 bits per heavy atom. The van der Waals surface area contributed by atoms with Gasteiger partial charge in [-0.2, -0.15) is 0 Å². The Kier molecular flexibility index (Phi) is 4.26. The van der Waals surface area contributed by atoms with Gasteiger partial charge in [0.2, 0.25) is 6.79 Å². The molecule has 0 amide bonds.